The third-order valence-corrected chi connectivity index (χ3v) is 7.82. The molecule has 2 aliphatic rings. The maximum atomic E-state index is 15.7. The van der Waals surface area contributed by atoms with Crippen molar-refractivity contribution in [2.75, 3.05) is 4.90 Å². The predicted molar refractivity (Wildman–Crippen MR) is 152 cm³/mol. The van der Waals surface area contributed by atoms with Crippen molar-refractivity contribution in [2.45, 2.75) is 45.3 Å². The fraction of sp³-hybridized carbons (Fsp3) is 0.258. The number of benzene rings is 3. The summed E-state index contributed by atoms with van der Waals surface area (Å²) in [5, 5.41) is 19.8. The number of amides is 1. The molecule has 3 aromatic rings. The zero-order chi connectivity index (χ0) is 29.8. The van der Waals surface area contributed by atoms with Gasteiger partial charge < -0.3 is 10.0 Å². The molecule has 0 spiro atoms. The van der Waals surface area contributed by atoms with Gasteiger partial charge in [0.1, 0.15) is 23.7 Å². The highest BCUT2D eigenvalue weighted by Gasteiger charge is 2.58. The molecular formula is C31H25Cl2F2N3O3. The van der Waals surface area contributed by atoms with E-state index in [2.05, 4.69) is 6.07 Å². The van der Waals surface area contributed by atoms with Crippen LogP contribution in [0.15, 0.2) is 66.4 Å². The van der Waals surface area contributed by atoms with Gasteiger partial charge in [0.05, 0.1) is 10.6 Å². The van der Waals surface area contributed by atoms with Crippen LogP contribution in [-0.4, -0.2) is 34.1 Å². The summed E-state index contributed by atoms with van der Waals surface area (Å²) in [7, 11) is 0. The zero-order valence-electron chi connectivity index (χ0n) is 22.3. The first-order chi connectivity index (χ1) is 19.3. The van der Waals surface area contributed by atoms with Crippen LogP contribution in [-0.2, 0) is 4.79 Å². The standard InChI is InChI=1S/C31H25Cl2F2N3O3/c1-31(2,3)14-23-25(19-12-9-17(32)13-22(19)34)26(20-5-4-6-21(33)27(20)35)28-29(39)37(24(15-36)38(23)28)18-10-7-16(8-11-18)30(40)41/h4-13,24,26,28H,14H2,1-3H3,(H,40,41)/t24?,26-,28-/m1/s1. The molecular weight excluding hydrogens is 571 g/mol. The van der Waals surface area contributed by atoms with Crippen LogP contribution in [0.4, 0.5) is 14.5 Å². The molecule has 41 heavy (non-hydrogen) atoms. The lowest BCUT2D eigenvalue weighted by atomic mass is 9.81. The van der Waals surface area contributed by atoms with E-state index in [4.69, 9.17) is 23.2 Å². The Balaban J connectivity index is 1.80. The van der Waals surface area contributed by atoms with Crippen molar-refractivity contribution >= 4 is 46.3 Å². The Morgan fingerprint density at radius 3 is 2.34 bits per heavy atom. The van der Waals surface area contributed by atoms with Crippen LogP contribution in [0.1, 0.15) is 54.6 Å². The minimum Gasteiger partial charge on any atom is -0.478 e. The summed E-state index contributed by atoms with van der Waals surface area (Å²) in [6.07, 6.45) is -0.838. The average Bonchev–Trinajstić information content (AvgIpc) is 3.36. The summed E-state index contributed by atoms with van der Waals surface area (Å²) < 4.78 is 31.4. The maximum Gasteiger partial charge on any atom is 0.335 e. The molecule has 6 nitrogen and oxygen atoms in total. The van der Waals surface area contributed by atoms with Gasteiger partial charge in [0, 0.05) is 27.9 Å². The van der Waals surface area contributed by atoms with Gasteiger partial charge in [-0.25, -0.2) is 13.6 Å². The lowest BCUT2D eigenvalue weighted by Crippen LogP contribution is -2.38. The Hall–Kier alpha value is -3.93. The normalized spacial score (nSPS) is 20.4. The first-order valence-corrected chi connectivity index (χ1v) is 13.6. The molecule has 2 heterocycles. The lowest BCUT2D eigenvalue weighted by molar-refractivity contribution is -0.119. The Bertz CT molecular complexity index is 1640. The maximum absolute atomic E-state index is 15.7. The number of nitriles is 1. The molecule has 10 heteroatoms. The summed E-state index contributed by atoms with van der Waals surface area (Å²) in [5.74, 6) is -4.06. The third-order valence-electron chi connectivity index (χ3n) is 7.29. The predicted octanol–water partition coefficient (Wildman–Crippen LogP) is 7.48. The minimum atomic E-state index is -1.17. The van der Waals surface area contributed by atoms with Gasteiger partial charge in [0.2, 0.25) is 0 Å². The topological polar surface area (TPSA) is 84.6 Å². The second-order valence-electron chi connectivity index (χ2n) is 11.3. The number of allylic oxidation sites excluding steroid dienone is 1. The fourth-order valence-electron chi connectivity index (χ4n) is 5.71. The molecule has 3 atom stereocenters. The van der Waals surface area contributed by atoms with Crippen molar-refractivity contribution in [3.05, 3.63) is 105 Å². The smallest absolute Gasteiger partial charge is 0.335 e. The number of hydrogen-bond donors (Lipinski definition) is 1. The largest absolute Gasteiger partial charge is 0.478 e. The van der Waals surface area contributed by atoms with Crippen molar-refractivity contribution < 1.29 is 23.5 Å². The quantitative estimate of drug-likeness (QED) is 0.330. The molecule has 0 aliphatic carbocycles. The summed E-state index contributed by atoms with van der Waals surface area (Å²) in [4.78, 5) is 28.6. The number of fused-ring (bicyclic) bond motifs is 1. The number of nitrogens with zero attached hydrogens (tertiary/aromatic N) is 3. The molecule has 5 rings (SSSR count). The number of carbonyl (C=O) groups excluding carboxylic acids is 1. The van der Waals surface area contributed by atoms with E-state index in [1.54, 1.807) is 11.0 Å². The monoisotopic (exact) mass is 595 g/mol. The van der Waals surface area contributed by atoms with Crippen molar-refractivity contribution in [3.8, 4) is 6.07 Å². The molecule has 1 saturated heterocycles. The van der Waals surface area contributed by atoms with E-state index in [9.17, 15) is 20.0 Å². The van der Waals surface area contributed by atoms with Gasteiger partial charge in [-0.2, -0.15) is 5.26 Å². The number of carboxylic acid groups (broad SMARTS) is 1. The van der Waals surface area contributed by atoms with Crippen LogP contribution in [0.3, 0.4) is 0 Å². The second kappa shape index (κ2) is 10.5. The highest BCUT2D eigenvalue weighted by molar-refractivity contribution is 6.31. The van der Waals surface area contributed by atoms with E-state index in [0.29, 0.717) is 23.4 Å². The third kappa shape index (κ3) is 4.94. The van der Waals surface area contributed by atoms with Gasteiger partial charge in [-0.3, -0.25) is 9.69 Å². The number of carboxylic acids is 1. The highest BCUT2D eigenvalue weighted by Crippen LogP contribution is 2.55. The van der Waals surface area contributed by atoms with Gasteiger partial charge in [0.25, 0.3) is 5.91 Å². The molecule has 0 bridgehead atoms. The van der Waals surface area contributed by atoms with Crippen molar-refractivity contribution in [1.82, 2.24) is 4.90 Å². The number of halogens is 4. The summed E-state index contributed by atoms with van der Waals surface area (Å²) in [6.45, 7) is 5.92. The van der Waals surface area contributed by atoms with Crippen molar-refractivity contribution in [1.29, 1.82) is 5.26 Å². The molecule has 1 N–H and O–H groups in total. The summed E-state index contributed by atoms with van der Waals surface area (Å²) in [5.41, 5.74) is 1.09. The van der Waals surface area contributed by atoms with Crippen LogP contribution >= 0.6 is 23.2 Å². The van der Waals surface area contributed by atoms with Gasteiger partial charge >= 0.3 is 5.97 Å². The summed E-state index contributed by atoms with van der Waals surface area (Å²) in [6, 6.07) is 15.3. The van der Waals surface area contributed by atoms with Crippen LogP contribution in [0, 0.1) is 28.4 Å². The van der Waals surface area contributed by atoms with Crippen LogP contribution in [0.5, 0.6) is 0 Å². The van der Waals surface area contributed by atoms with Crippen LogP contribution in [0.2, 0.25) is 10.0 Å². The van der Waals surface area contributed by atoms with E-state index >= 15 is 8.78 Å². The molecule has 0 radical (unpaired) electrons. The first-order valence-electron chi connectivity index (χ1n) is 12.8. The molecule has 2 aliphatic heterocycles. The highest BCUT2D eigenvalue weighted by atomic mass is 35.5. The molecule has 0 saturated carbocycles. The molecule has 1 amide bonds. The first kappa shape index (κ1) is 28.6. The zero-order valence-corrected chi connectivity index (χ0v) is 23.8. The number of carbonyl (C=O) groups is 2. The van der Waals surface area contributed by atoms with Gasteiger partial charge in [-0.15, -0.1) is 0 Å². The van der Waals surface area contributed by atoms with Crippen LogP contribution < -0.4 is 4.90 Å². The summed E-state index contributed by atoms with van der Waals surface area (Å²) >= 11 is 12.3. The Labute approximate surface area is 246 Å². The van der Waals surface area contributed by atoms with Gasteiger partial charge in [0.15, 0.2) is 6.17 Å². The fourth-order valence-corrected chi connectivity index (χ4v) is 6.05. The molecule has 210 valence electrons. The molecule has 0 aromatic heterocycles. The Morgan fingerprint density at radius 2 is 1.76 bits per heavy atom. The number of hydrogen-bond acceptors (Lipinski definition) is 4. The van der Waals surface area contributed by atoms with Crippen LogP contribution in [0.25, 0.3) is 5.57 Å². The Kier molecular flexibility index (Phi) is 7.31. The Morgan fingerprint density at radius 1 is 1.07 bits per heavy atom. The van der Waals surface area contributed by atoms with Crippen molar-refractivity contribution in [3.63, 3.8) is 0 Å². The molecule has 1 unspecified atom stereocenters. The van der Waals surface area contributed by atoms with Crippen molar-refractivity contribution in [2.24, 2.45) is 5.41 Å². The van der Waals surface area contributed by atoms with E-state index in [0.717, 1.165) is 6.07 Å². The molecule has 1 fully saturated rings. The molecule has 3 aromatic carbocycles. The SMILES string of the molecule is CC(C)(C)CC1=C(c2ccc(Cl)cc2F)[C@@H](c2cccc(Cl)c2F)[C@@H]2C(=O)N(c3ccc(C(=O)O)cc3)C(C#N)N12. The van der Waals surface area contributed by atoms with E-state index in [1.807, 2.05) is 20.8 Å². The number of aromatic carboxylic acids is 1. The number of rotatable bonds is 5. The number of anilines is 1. The second-order valence-corrected chi connectivity index (χ2v) is 12.1. The van der Waals surface area contributed by atoms with Gasteiger partial charge in [-0.05, 0) is 65.4 Å². The van der Waals surface area contributed by atoms with E-state index in [1.165, 1.54) is 53.4 Å². The minimum absolute atomic E-state index is 0.0158. The average molecular weight is 596 g/mol. The van der Waals surface area contributed by atoms with E-state index in [-0.39, 0.29) is 32.2 Å². The lowest BCUT2D eigenvalue weighted by Gasteiger charge is -2.31. The van der Waals surface area contributed by atoms with Gasteiger partial charge in [-0.1, -0.05) is 62.2 Å². The van der Waals surface area contributed by atoms with E-state index < -0.39 is 41.6 Å².